The van der Waals surface area contributed by atoms with Crippen LogP contribution >= 0.6 is 58.9 Å². The Morgan fingerprint density at radius 1 is 0.872 bits per heavy atom. The molecule has 0 bridgehead atoms. The number of hydrogen-bond acceptors (Lipinski definition) is 12. The second-order valence-corrected chi connectivity index (χ2v) is 14.6. The van der Waals surface area contributed by atoms with Gasteiger partial charge >= 0.3 is 18.2 Å². The lowest BCUT2D eigenvalue weighted by molar-refractivity contribution is -0.147. The second-order valence-electron chi connectivity index (χ2n) is 10.4. The lowest BCUT2D eigenvalue weighted by atomic mass is 10.1. The Balaban J connectivity index is 0.000000336. The van der Waals surface area contributed by atoms with Gasteiger partial charge in [-0.2, -0.15) is 0 Å². The summed E-state index contributed by atoms with van der Waals surface area (Å²) in [6.07, 6.45) is 3.91. The highest BCUT2D eigenvalue weighted by atomic mass is 35.5. The predicted molar refractivity (Wildman–Crippen MR) is 193 cm³/mol. The third-order valence-electron chi connectivity index (χ3n) is 6.58. The Morgan fingerprint density at radius 2 is 1.40 bits per heavy atom. The fourth-order valence-corrected chi connectivity index (χ4v) is 4.85. The molecule has 0 aliphatic heterocycles. The molecule has 1 fully saturated rings. The summed E-state index contributed by atoms with van der Waals surface area (Å²) in [5.41, 5.74) is 0.678. The first kappa shape index (κ1) is 40.1. The molecule has 2 aromatic rings. The summed E-state index contributed by atoms with van der Waals surface area (Å²) in [4.78, 5) is 44.9. The molecule has 1 aliphatic rings. The molecule has 2 aromatic carbocycles. The molecule has 0 saturated heterocycles. The van der Waals surface area contributed by atoms with Gasteiger partial charge in [0.15, 0.2) is 0 Å². The number of thioether (sulfide) groups is 2. The number of carbonyl (C=O) groups is 3. The summed E-state index contributed by atoms with van der Waals surface area (Å²) in [5, 5.41) is 8.42. The van der Waals surface area contributed by atoms with E-state index in [2.05, 4.69) is 20.0 Å². The van der Waals surface area contributed by atoms with Gasteiger partial charge in [-0.15, -0.1) is 23.5 Å². The van der Waals surface area contributed by atoms with Crippen LogP contribution in [0.5, 0.6) is 11.5 Å². The number of para-hydroxylation sites is 1. The van der Waals surface area contributed by atoms with Crippen LogP contribution in [-0.4, -0.2) is 63.5 Å². The summed E-state index contributed by atoms with van der Waals surface area (Å²) in [6, 6.07) is 17.0. The molecule has 0 radical (unpaired) electrons. The van der Waals surface area contributed by atoms with Crippen LogP contribution < -0.4 is 4.74 Å². The summed E-state index contributed by atoms with van der Waals surface area (Å²) in [7, 11) is 2.88. The van der Waals surface area contributed by atoms with Crippen molar-refractivity contribution in [3.8, 4) is 11.5 Å². The highest BCUT2D eigenvalue weighted by molar-refractivity contribution is 8.13. The highest BCUT2D eigenvalue weighted by Crippen LogP contribution is 2.60. The number of benzene rings is 2. The minimum absolute atomic E-state index is 0.00717. The number of halogens is 2. The molecule has 0 N–H and O–H groups in total. The maximum atomic E-state index is 12.4. The van der Waals surface area contributed by atoms with Gasteiger partial charge < -0.3 is 9.47 Å². The van der Waals surface area contributed by atoms with Gasteiger partial charge in [-0.05, 0) is 73.6 Å². The normalized spacial score (nSPS) is 16.5. The van der Waals surface area contributed by atoms with Crippen LogP contribution in [0.25, 0.3) is 0 Å². The molecule has 1 aliphatic carbocycles. The first-order chi connectivity index (χ1) is 22.2. The molecule has 0 heterocycles. The van der Waals surface area contributed by atoms with Gasteiger partial charge in [0.05, 0.1) is 18.1 Å². The van der Waals surface area contributed by atoms with Crippen molar-refractivity contribution < 1.29 is 33.5 Å². The summed E-state index contributed by atoms with van der Waals surface area (Å²) in [5.74, 6) is 1.01. The van der Waals surface area contributed by atoms with Crippen LogP contribution in [0.4, 0.5) is 9.59 Å². The van der Waals surface area contributed by atoms with E-state index in [1.54, 1.807) is 19.9 Å². The molecule has 47 heavy (non-hydrogen) atoms. The number of allylic oxidation sites excluding steroid dienone is 1. The number of esters is 1. The van der Waals surface area contributed by atoms with E-state index in [0.29, 0.717) is 15.8 Å². The van der Waals surface area contributed by atoms with E-state index in [-0.39, 0.29) is 34.3 Å². The van der Waals surface area contributed by atoms with Crippen molar-refractivity contribution in [2.45, 2.75) is 34.3 Å². The maximum absolute atomic E-state index is 12.4. The van der Waals surface area contributed by atoms with Crippen molar-refractivity contribution in [1.29, 1.82) is 0 Å². The third-order valence-corrected chi connectivity index (χ3v) is 8.95. The maximum Gasteiger partial charge on any atom is 0.447 e. The monoisotopic (exact) mass is 744 g/mol. The average Bonchev–Trinajstić information content (AvgIpc) is 3.59. The van der Waals surface area contributed by atoms with Crippen LogP contribution in [0.1, 0.15) is 33.3 Å². The van der Waals surface area contributed by atoms with E-state index in [1.165, 1.54) is 37.6 Å². The van der Waals surface area contributed by atoms with Gasteiger partial charge in [0.1, 0.15) is 32.7 Å². The van der Waals surface area contributed by atoms with Crippen molar-refractivity contribution in [2.75, 3.05) is 26.6 Å². The van der Waals surface area contributed by atoms with E-state index in [0.717, 1.165) is 32.1 Å². The Morgan fingerprint density at radius 3 is 1.91 bits per heavy atom. The fourth-order valence-electron chi connectivity index (χ4n) is 3.79. The highest BCUT2D eigenvalue weighted by Gasteiger charge is 2.61. The van der Waals surface area contributed by atoms with E-state index < -0.39 is 12.2 Å². The number of nitrogens with zero attached hydrogens (tertiary/aromatic N) is 4. The Bertz CT molecular complexity index is 1420. The molecule has 2 atom stereocenters. The van der Waals surface area contributed by atoms with Crippen molar-refractivity contribution in [3.05, 3.63) is 70.7 Å². The fraction of sp³-hybridized carbons (Fsp3) is 0.387. The number of ether oxygens (including phenoxy) is 2. The number of hydrogen-bond donors (Lipinski definition) is 0. The Labute approximate surface area is 298 Å². The van der Waals surface area contributed by atoms with Crippen LogP contribution in [0.2, 0.25) is 0 Å². The summed E-state index contributed by atoms with van der Waals surface area (Å²) < 4.78 is 13.7. The van der Waals surface area contributed by atoms with Crippen molar-refractivity contribution in [2.24, 2.45) is 27.6 Å². The lowest BCUT2D eigenvalue weighted by Gasteiger charge is -2.19. The zero-order valence-corrected chi connectivity index (χ0v) is 31.2. The van der Waals surface area contributed by atoms with Gasteiger partial charge in [0.2, 0.25) is 0 Å². The lowest BCUT2D eigenvalue weighted by Crippen LogP contribution is -2.28. The topological polar surface area (TPSA) is 119 Å². The summed E-state index contributed by atoms with van der Waals surface area (Å²) in [6.45, 7) is 7.63. The van der Waals surface area contributed by atoms with Crippen molar-refractivity contribution in [1.82, 2.24) is 8.61 Å². The van der Waals surface area contributed by atoms with E-state index >= 15 is 0 Å². The zero-order chi connectivity index (χ0) is 35.1. The van der Waals surface area contributed by atoms with E-state index in [4.69, 9.17) is 32.7 Å². The first-order valence-electron chi connectivity index (χ1n) is 14.0. The molecule has 2 unspecified atom stereocenters. The van der Waals surface area contributed by atoms with Gasteiger partial charge in [-0.1, -0.05) is 77.7 Å². The molecule has 2 amide bonds. The molecule has 0 aromatic heterocycles. The first-order valence-corrected chi connectivity index (χ1v) is 17.9. The van der Waals surface area contributed by atoms with Crippen LogP contribution in [0.15, 0.2) is 75.5 Å². The van der Waals surface area contributed by atoms with Gasteiger partial charge in [0.25, 0.3) is 0 Å². The van der Waals surface area contributed by atoms with Gasteiger partial charge in [-0.3, -0.25) is 14.5 Å². The molecule has 256 valence electrons. The Kier molecular flexibility index (Phi) is 16.8. The number of carbonyl (C=O) groups excluding carboxylic acids is 3. The standard InChI is InChI=1S/C21H20Cl2O3.C10H18N4O4S3/c1-21(2)17(12-18(22)23)19(21)20(24)25-13-14-7-6-10-16(11-14)26-15-8-4-3-5-9-15;1-7(19-5)11-17-9(15)13(3)21-14(4)10(16)18-12-8(2)20-6/h3-12,17,19H,13H2,1-2H3;1-6H3/b;11-7-,12-8+. The number of rotatable bonds is 10. The SMILES string of the molecule is CC1(C)C(C=C(Cl)Cl)C1C(=O)OCc1cccc(Oc2ccccc2)c1.CS/C(C)=N\OC(=O)N(C)SN(C)C(=O)O/N=C(\C)SC. The van der Waals surface area contributed by atoms with Crippen LogP contribution in [-0.2, 0) is 25.8 Å². The predicted octanol–water partition coefficient (Wildman–Crippen LogP) is 9.19. The number of oxime groups is 2. The molecule has 11 nitrogen and oxygen atoms in total. The average molecular weight is 746 g/mol. The third kappa shape index (κ3) is 13.9. The zero-order valence-electron chi connectivity index (χ0n) is 27.3. The van der Waals surface area contributed by atoms with Crippen molar-refractivity contribution >= 4 is 87.1 Å². The van der Waals surface area contributed by atoms with Gasteiger partial charge in [-0.25, -0.2) is 18.2 Å². The largest absolute Gasteiger partial charge is 0.461 e. The second kappa shape index (κ2) is 19.7. The smallest absolute Gasteiger partial charge is 0.447 e. The van der Waals surface area contributed by atoms with Crippen molar-refractivity contribution in [3.63, 3.8) is 0 Å². The van der Waals surface area contributed by atoms with E-state index in [1.807, 2.05) is 81.0 Å². The molecule has 1 saturated carbocycles. The van der Waals surface area contributed by atoms with Crippen LogP contribution in [0.3, 0.4) is 0 Å². The Hall–Kier alpha value is -3.04. The number of amides is 2. The molecular formula is C31H38Cl2N4O7S3. The minimum atomic E-state index is -0.711. The molecular weight excluding hydrogens is 707 g/mol. The molecule has 16 heteroatoms. The molecule has 0 spiro atoms. The quantitative estimate of drug-likeness (QED) is 0.0582. The van der Waals surface area contributed by atoms with E-state index in [9.17, 15) is 14.4 Å². The molecule has 3 rings (SSSR count). The minimum Gasteiger partial charge on any atom is -0.461 e. The van der Waals surface area contributed by atoms with Crippen LogP contribution in [0, 0.1) is 17.3 Å². The van der Waals surface area contributed by atoms with Gasteiger partial charge in [0, 0.05) is 14.1 Å². The summed E-state index contributed by atoms with van der Waals surface area (Å²) >= 11 is 15.0.